The molecular formula is C9H12O. The molecule has 0 heterocycles. The molecule has 0 aliphatic heterocycles. The van der Waals surface area contributed by atoms with Crippen LogP contribution < -0.4 is 0 Å². The van der Waals surface area contributed by atoms with E-state index in [0.717, 1.165) is 6.42 Å². The van der Waals surface area contributed by atoms with Crippen LogP contribution in [0, 0.1) is 23.7 Å². The Labute approximate surface area is 62.8 Å². The van der Waals surface area contributed by atoms with Gasteiger partial charge in [0, 0.05) is 13.5 Å². The summed E-state index contributed by atoms with van der Waals surface area (Å²) in [6.45, 7) is 2.53. The van der Waals surface area contributed by atoms with Gasteiger partial charge in [0.15, 0.2) is 0 Å². The third-order valence-electron chi connectivity index (χ3n) is 0.820. The summed E-state index contributed by atoms with van der Waals surface area (Å²) in [5.74, 6) is 11.5. The van der Waals surface area contributed by atoms with Gasteiger partial charge in [-0.3, -0.25) is 0 Å². The topological polar surface area (TPSA) is 9.23 Å². The van der Waals surface area contributed by atoms with Crippen LogP contribution in [0.2, 0.25) is 0 Å². The molecule has 1 heteroatoms. The van der Waals surface area contributed by atoms with Gasteiger partial charge in [-0.1, -0.05) is 24.7 Å². The summed E-state index contributed by atoms with van der Waals surface area (Å²) in [4.78, 5) is 0. The van der Waals surface area contributed by atoms with Crippen molar-refractivity contribution in [1.29, 1.82) is 0 Å². The van der Waals surface area contributed by atoms with Crippen molar-refractivity contribution >= 4 is 0 Å². The second-order valence-electron chi connectivity index (χ2n) is 1.67. The van der Waals surface area contributed by atoms with Crippen LogP contribution in [0.25, 0.3) is 0 Å². The minimum absolute atomic E-state index is 0.508. The normalized spacial score (nSPS) is 7.00. The minimum atomic E-state index is 0.508. The van der Waals surface area contributed by atoms with Crippen LogP contribution in [0.5, 0.6) is 0 Å². The lowest BCUT2D eigenvalue weighted by atomic mass is 10.4. The Kier molecular flexibility index (Phi) is 7.34. The monoisotopic (exact) mass is 136 g/mol. The highest BCUT2D eigenvalue weighted by atomic mass is 16.5. The molecule has 1 nitrogen and oxygen atoms in total. The van der Waals surface area contributed by atoms with Crippen LogP contribution in [-0.4, -0.2) is 13.7 Å². The molecule has 0 aromatic heterocycles. The van der Waals surface area contributed by atoms with Gasteiger partial charge in [-0.25, -0.2) is 0 Å². The molecule has 0 aromatic rings. The number of rotatable bonds is 1. The van der Waals surface area contributed by atoms with Crippen molar-refractivity contribution in [3.63, 3.8) is 0 Å². The lowest BCUT2D eigenvalue weighted by Gasteiger charge is -1.79. The van der Waals surface area contributed by atoms with Gasteiger partial charge < -0.3 is 4.74 Å². The van der Waals surface area contributed by atoms with Crippen LogP contribution in [-0.2, 0) is 4.74 Å². The van der Waals surface area contributed by atoms with E-state index in [1.807, 2.05) is 6.92 Å². The van der Waals surface area contributed by atoms with Gasteiger partial charge in [0.1, 0.15) is 6.61 Å². The molecule has 0 saturated heterocycles. The Bertz CT molecular complexity index is 172. The number of ether oxygens (including phenoxy) is 1. The van der Waals surface area contributed by atoms with Gasteiger partial charge in [0.2, 0.25) is 0 Å². The van der Waals surface area contributed by atoms with Crippen molar-refractivity contribution < 1.29 is 4.74 Å². The maximum atomic E-state index is 4.73. The van der Waals surface area contributed by atoms with Crippen LogP contribution in [0.4, 0.5) is 0 Å². The van der Waals surface area contributed by atoms with E-state index in [4.69, 9.17) is 4.74 Å². The molecular weight excluding hydrogens is 124 g/mol. The smallest absolute Gasteiger partial charge is 0.107 e. The molecule has 0 N–H and O–H groups in total. The lowest BCUT2D eigenvalue weighted by molar-refractivity contribution is 0.239. The first kappa shape index (κ1) is 9.08. The average molecular weight is 136 g/mol. The summed E-state index contributed by atoms with van der Waals surface area (Å²) in [7, 11) is 1.63. The van der Waals surface area contributed by atoms with Crippen LogP contribution in [0.15, 0.2) is 0 Å². The first-order valence-electron chi connectivity index (χ1n) is 3.32. The summed E-state index contributed by atoms with van der Waals surface area (Å²) in [6, 6.07) is 0. The molecule has 0 rings (SSSR count). The number of hydrogen-bond donors (Lipinski definition) is 0. The average Bonchev–Trinajstić information content (AvgIpc) is 1.97. The van der Waals surface area contributed by atoms with Gasteiger partial charge in [0.05, 0.1) is 6.42 Å². The van der Waals surface area contributed by atoms with Crippen molar-refractivity contribution in [2.75, 3.05) is 13.7 Å². The molecule has 0 aliphatic rings. The Balaban J connectivity index is 3.28. The SMILES string of the molecule is CCC#CCC#CCOC. The van der Waals surface area contributed by atoms with Gasteiger partial charge in [-0.2, -0.15) is 0 Å². The Morgan fingerprint density at radius 3 is 2.40 bits per heavy atom. The summed E-state index contributed by atoms with van der Waals surface area (Å²) >= 11 is 0. The quantitative estimate of drug-likeness (QED) is 0.496. The molecule has 0 fully saturated rings. The second-order valence-corrected chi connectivity index (χ2v) is 1.67. The van der Waals surface area contributed by atoms with E-state index in [2.05, 4.69) is 23.7 Å². The fourth-order valence-corrected chi connectivity index (χ4v) is 0.417. The number of hydrogen-bond acceptors (Lipinski definition) is 1. The van der Waals surface area contributed by atoms with Crippen molar-refractivity contribution in [3.05, 3.63) is 0 Å². The summed E-state index contributed by atoms with van der Waals surface area (Å²) in [5.41, 5.74) is 0. The van der Waals surface area contributed by atoms with E-state index in [9.17, 15) is 0 Å². The highest BCUT2D eigenvalue weighted by Crippen LogP contribution is 1.73. The molecule has 54 valence electrons. The molecule has 0 aliphatic carbocycles. The third kappa shape index (κ3) is 7.08. The number of methoxy groups -OCH3 is 1. The summed E-state index contributed by atoms with van der Waals surface area (Å²) < 4.78 is 4.73. The standard InChI is InChI=1S/C9H12O/c1-3-4-5-6-7-8-9-10-2/h3,6,9H2,1-2H3. The van der Waals surface area contributed by atoms with Gasteiger partial charge in [-0.05, 0) is 0 Å². The molecule has 0 atom stereocenters. The molecule has 0 aromatic carbocycles. The van der Waals surface area contributed by atoms with Crippen molar-refractivity contribution in [3.8, 4) is 23.7 Å². The van der Waals surface area contributed by atoms with Crippen LogP contribution in [0.1, 0.15) is 19.8 Å². The summed E-state index contributed by atoms with van der Waals surface area (Å²) in [6.07, 6.45) is 1.57. The maximum absolute atomic E-state index is 4.73. The molecule has 10 heavy (non-hydrogen) atoms. The van der Waals surface area contributed by atoms with E-state index >= 15 is 0 Å². The molecule has 0 amide bonds. The lowest BCUT2D eigenvalue weighted by Crippen LogP contribution is -1.79. The molecule has 0 bridgehead atoms. The van der Waals surface area contributed by atoms with E-state index in [1.54, 1.807) is 7.11 Å². The van der Waals surface area contributed by atoms with Crippen molar-refractivity contribution in [2.45, 2.75) is 19.8 Å². The van der Waals surface area contributed by atoms with E-state index in [1.165, 1.54) is 0 Å². The molecule has 0 spiro atoms. The molecule has 0 saturated carbocycles. The third-order valence-corrected chi connectivity index (χ3v) is 0.820. The highest BCUT2D eigenvalue weighted by molar-refractivity contribution is 5.11. The van der Waals surface area contributed by atoms with Crippen molar-refractivity contribution in [1.82, 2.24) is 0 Å². The zero-order valence-corrected chi connectivity index (χ0v) is 6.53. The van der Waals surface area contributed by atoms with E-state index < -0.39 is 0 Å². The van der Waals surface area contributed by atoms with E-state index in [-0.39, 0.29) is 0 Å². The fraction of sp³-hybridized carbons (Fsp3) is 0.556. The highest BCUT2D eigenvalue weighted by Gasteiger charge is 1.67. The van der Waals surface area contributed by atoms with Gasteiger partial charge >= 0.3 is 0 Å². The zero-order chi connectivity index (χ0) is 7.66. The summed E-state index contributed by atoms with van der Waals surface area (Å²) in [5, 5.41) is 0. The Morgan fingerprint density at radius 2 is 1.80 bits per heavy atom. The van der Waals surface area contributed by atoms with E-state index in [0.29, 0.717) is 13.0 Å². The zero-order valence-electron chi connectivity index (χ0n) is 6.53. The molecule has 0 unspecified atom stereocenters. The fourth-order valence-electron chi connectivity index (χ4n) is 0.417. The first-order chi connectivity index (χ1) is 4.91. The maximum Gasteiger partial charge on any atom is 0.107 e. The van der Waals surface area contributed by atoms with Crippen LogP contribution >= 0.6 is 0 Å². The Morgan fingerprint density at radius 1 is 1.10 bits per heavy atom. The second kappa shape index (κ2) is 8.08. The van der Waals surface area contributed by atoms with Crippen LogP contribution in [0.3, 0.4) is 0 Å². The van der Waals surface area contributed by atoms with Gasteiger partial charge in [0.25, 0.3) is 0 Å². The Hall–Kier alpha value is -0.920. The van der Waals surface area contributed by atoms with Crippen molar-refractivity contribution in [2.24, 2.45) is 0 Å². The molecule has 0 radical (unpaired) electrons. The largest absolute Gasteiger partial charge is 0.372 e. The minimum Gasteiger partial charge on any atom is -0.372 e. The first-order valence-corrected chi connectivity index (χ1v) is 3.32. The predicted molar refractivity (Wildman–Crippen MR) is 42.3 cm³/mol. The van der Waals surface area contributed by atoms with Gasteiger partial charge in [-0.15, -0.1) is 5.92 Å². The predicted octanol–water partition coefficient (Wildman–Crippen LogP) is 1.44.